The Labute approximate surface area is 117 Å². The van der Waals surface area contributed by atoms with Gasteiger partial charge in [-0.25, -0.2) is 9.78 Å². The minimum absolute atomic E-state index is 0.0737. The number of aromatic carboxylic acids is 1. The van der Waals surface area contributed by atoms with Crippen molar-refractivity contribution in [2.24, 2.45) is 0 Å². The SMILES string of the molecule is Cc1cccc(CN(C)Cc2cccc(C(=O)O)n2)n1. The van der Waals surface area contributed by atoms with Crippen molar-refractivity contribution in [3.8, 4) is 0 Å². The van der Waals surface area contributed by atoms with Gasteiger partial charge in [-0.2, -0.15) is 0 Å². The minimum Gasteiger partial charge on any atom is -0.477 e. The Morgan fingerprint density at radius 1 is 1.10 bits per heavy atom. The van der Waals surface area contributed by atoms with Crippen LogP contribution in [-0.2, 0) is 13.1 Å². The molecule has 1 N–H and O–H groups in total. The monoisotopic (exact) mass is 271 g/mol. The highest BCUT2D eigenvalue weighted by molar-refractivity contribution is 5.85. The van der Waals surface area contributed by atoms with Crippen LogP contribution in [0.2, 0.25) is 0 Å². The molecule has 0 aromatic carbocycles. The molecule has 5 heteroatoms. The molecule has 2 rings (SSSR count). The van der Waals surface area contributed by atoms with Crippen molar-refractivity contribution in [3.05, 3.63) is 59.2 Å². The molecule has 2 aromatic heterocycles. The topological polar surface area (TPSA) is 66.3 Å². The number of aryl methyl sites for hydroxylation is 1. The van der Waals surface area contributed by atoms with Crippen LogP contribution in [-0.4, -0.2) is 33.0 Å². The molecule has 20 heavy (non-hydrogen) atoms. The van der Waals surface area contributed by atoms with E-state index in [1.54, 1.807) is 6.07 Å². The Hall–Kier alpha value is -2.27. The summed E-state index contributed by atoms with van der Waals surface area (Å²) in [7, 11) is 1.96. The number of hydrogen-bond acceptors (Lipinski definition) is 4. The number of pyridine rings is 2. The number of aromatic nitrogens is 2. The van der Waals surface area contributed by atoms with Gasteiger partial charge in [0.25, 0.3) is 0 Å². The smallest absolute Gasteiger partial charge is 0.354 e. The van der Waals surface area contributed by atoms with E-state index in [2.05, 4.69) is 14.9 Å². The second-order valence-electron chi connectivity index (χ2n) is 4.76. The van der Waals surface area contributed by atoms with Crippen molar-refractivity contribution in [1.29, 1.82) is 0 Å². The van der Waals surface area contributed by atoms with E-state index in [-0.39, 0.29) is 5.69 Å². The van der Waals surface area contributed by atoms with Crippen LogP contribution in [0.5, 0.6) is 0 Å². The van der Waals surface area contributed by atoms with E-state index >= 15 is 0 Å². The molecule has 0 spiro atoms. The average molecular weight is 271 g/mol. The zero-order valence-electron chi connectivity index (χ0n) is 11.6. The summed E-state index contributed by atoms with van der Waals surface area (Å²) in [4.78, 5) is 21.5. The highest BCUT2D eigenvalue weighted by Gasteiger charge is 2.08. The van der Waals surface area contributed by atoms with Crippen molar-refractivity contribution in [2.45, 2.75) is 20.0 Å². The molecule has 0 unspecified atom stereocenters. The van der Waals surface area contributed by atoms with E-state index in [0.29, 0.717) is 13.1 Å². The van der Waals surface area contributed by atoms with Crippen molar-refractivity contribution >= 4 is 5.97 Å². The quantitative estimate of drug-likeness (QED) is 0.902. The van der Waals surface area contributed by atoms with Gasteiger partial charge in [0.1, 0.15) is 5.69 Å². The van der Waals surface area contributed by atoms with E-state index in [4.69, 9.17) is 5.11 Å². The molecule has 0 saturated carbocycles. The predicted molar refractivity (Wildman–Crippen MR) is 75.3 cm³/mol. The van der Waals surface area contributed by atoms with Gasteiger partial charge in [0, 0.05) is 18.8 Å². The fourth-order valence-electron chi connectivity index (χ4n) is 1.98. The molecule has 0 radical (unpaired) electrons. The zero-order valence-corrected chi connectivity index (χ0v) is 11.6. The molecular formula is C15H17N3O2. The van der Waals surface area contributed by atoms with E-state index in [1.165, 1.54) is 6.07 Å². The van der Waals surface area contributed by atoms with E-state index in [9.17, 15) is 4.79 Å². The van der Waals surface area contributed by atoms with Gasteiger partial charge in [-0.1, -0.05) is 12.1 Å². The van der Waals surface area contributed by atoms with E-state index in [1.807, 2.05) is 38.2 Å². The summed E-state index contributed by atoms with van der Waals surface area (Å²) in [5.74, 6) is -1.00. The van der Waals surface area contributed by atoms with Crippen LogP contribution in [0.15, 0.2) is 36.4 Å². The van der Waals surface area contributed by atoms with Crippen LogP contribution in [0, 0.1) is 6.92 Å². The number of carboxylic acid groups (broad SMARTS) is 1. The van der Waals surface area contributed by atoms with E-state index < -0.39 is 5.97 Å². The molecule has 0 atom stereocenters. The van der Waals surface area contributed by atoms with E-state index in [0.717, 1.165) is 17.1 Å². The molecule has 0 aliphatic rings. The first-order valence-electron chi connectivity index (χ1n) is 6.35. The Morgan fingerprint density at radius 2 is 1.70 bits per heavy atom. The Morgan fingerprint density at radius 3 is 2.30 bits per heavy atom. The summed E-state index contributed by atoms with van der Waals surface area (Å²) in [6.45, 7) is 3.23. The van der Waals surface area contributed by atoms with Crippen molar-refractivity contribution < 1.29 is 9.90 Å². The normalized spacial score (nSPS) is 10.8. The number of carbonyl (C=O) groups is 1. The van der Waals surface area contributed by atoms with Crippen LogP contribution in [0.4, 0.5) is 0 Å². The molecule has 5 nitrogen and oxygen atoms in total. The largest absolute Gasteiger partial charge is 0.477 e. The molecule has 0 saturated heterocycles. The molecule has 2 heterocycles. The third-order valence-corrected chi connectivity index (χ3v) is 2.84. The maximum Gasteiger partial charge on any atom is 0.354 e. The number of hydrogen-bond donors (Lipinski definition) is 1. The Kier molecular flexibility index (Phi) is 4.42. The van der Waals surface area contributed by atoms with Gasteiger partial charge < -0.3 is 5.11 Å². The molecule has 2 aromatic rings. The van der Waals surface area contributed by atoms with Gasteiger partial charge in [-0.05, 0) is 38.2 Å². The summed E-state index contributed by atoms with van der Waals surface area (Å²) < 4.78 is 0. The lowest BCUT2D eigenvalue weighted by molar-refractivity contribution is 0.0690. The lowest BCUT2D eigenvalue weighted by atomic mass is 10.2. The van der Waals surface area contributed by atoms with Gasteiger partial charge in [-0.15, -0.1) is 0 Å². The minimum atomic E-state index is -1.00. The lowest BCUT2D eigenvalue weighted by Gasteiger charge is -2.16. The molecule has 0 fully saturated rings. The first-order valence-corrected chi connectivity index (χ1v) is 6.35. The van der Waals surface area contributed by atoms with Gasteiger partial charge >= 0.3 is 5.97 Å². The summed E-state index contributed by atoms with van der Waals surface area (Å²) in [6, 6.07) is 11.0. The van der Waals surface area contributed by atoms with Gasteiger partial charge in [0.05, 0.1) is 11.4 Å². The van der Waals surface area contributed by atoms with Crippen LogP contribution in [0.25, 0.3) is 0 Å². The molecule has 0 aliphatic carbocycles. The highest BCUT2D eigenvalue weighted by Crippen LogP contribution is 2.07. The predicted octanol–water partition coefficient (Wildman–Crippen LogP) is 2.12. The maximum atomic E-state index is 10.9. The lowest BCUT2D eigenvalue weighted by Crippen LogP contribution is -2.19. The zero-order chi connectivity index (χ0) is 14.5. The highest BCUT2D eigenvalue weighted by atomic mass is 16.4. The number of nitrogens with zero attached hydrogens (tertiary/aromatic N) is 3. The Balaban J connectivity index is 2.02. The average Bonchev–Trinajstić information content (AvgIpc) is 2.38. The van der Waals surface area contributed by atoms with Crippen LogP contribution in [0.3, 0.4) is 0 Å². The fourth-order valence-corrected chi connectivity index (χ4v) is 1.98. The first-order chi connectivity index (χ1) is 9.54. The third-order valence-electron chi connectivity index (χ3n) is 2.84. The molecule has 0 bridgehead atoms. The van der Waals surface area contributed by atoms with Crippen molar-refractivity contribution in [2.75, 3.05) is 7.05 Å². The number of carboxylic acids is 1. The molecular weight excluding hydrogens is 254 g/mol. The Bertz CT molecular complexity index is 614. The van der Waals surface area contributed by atoms with Crippen LogP contribution >= 0.6 is 0 Å². The third kappa shape index (κ3) is 3.86. The fraction of sp³-hybridized carbons (Fsp3) is 0.267. The second-order valence-corrected chi connectivity index (χ2v) is 4.76. The molecule has 0 aliphatic heterocycles. The summed E-state index contributed by atoms with van der Waals surface area (Å²) in [6.07, 6.45) is 0. The molecule has 104 valence electrons. The van der Waals surface area contributed by atoms with Crippen LogP contribution < -0.4 is 0 Å². The first kappa shape index (κ1) is 14.1. The number of rotatable bonds is 5. The van der Waals surface area contributed by atoms with Crippen molar-refractivity contribution in [3.63, 3.8) is 0 Å². The second kappa shape index (κ2) is 6.25. The van der Waals surface area contributed by atoms with Gasteiger partial charge in [0.2, 0.25) is 0 Å². The standard InChI is InChI=1S/C15H17N3O2/c1-11-5-3-6-12(16-11)9-18(2)10-13-7-4-8-14(17-13)15(19)20/h3-8H,9-10H2,1-2H3,(H,19,20). The van der Waals surface area contributed by atoms with Gasteiger partial charge in [-0.3, -0.25) is 9.88 Å². The molecule has 0 amide bonds. The maximum absolute atomic E-state index is 10.9. The van der Waals surface area contributed by atoms with Crippen LogP contribution in [0.1, 0.15) is 27.6 Å². The summed E-state index contributed by atoms with van der Waals surface area (Å²) in [5, 5.41) is 8.92. The summed E-state index contributed by atoms with van der Waals surface area (Å²) >= 11 is 0. The van der Waals surface area contributed by atoms with Crippen molar-refractivity contribution in [1.82, 2.24) is 14.9 Å². The summed E-state index contributed by atoms with van der Waals surface area (Å²) in [5.41, 5.74) is 2.79. The van der Waals surface area contributed by atoms with Gasteiger partial charge in [0.15, 0.2) is 0 Å².